The minimum Gasteiger partial charge on any atom is -0.481 e. The van der Waals surface area contributed by atoms with Gasteiger partial charge in [0.1, 0.15) is 0 Å². The van der Waals surface area contributed by atoms with E-state index in [2.05, 4.69) is 0 Å². The Labute approximate surface area is 135 Å². The van der Waals surface area contributed by atoms with Gasteiger partial charge in [0.25, 0.3) is 0 Å². The Morgan fingerprint density at radius 3 is 2.33 bits per heavy atom. The number of nitrogens with zero attached hydrogens (tertiary/aromatic N) is 1. The van der Waals surface area contributed by atoms with Crippen LogP contribution in [0.15, 0.2) is 18.2 Å². The highest BCUT2D eigenvalue weighted by molar-refractivity contribution is 6.18. The first kappa shape index (κ1) is 18.1. The second-order valence-corrected chi connectivity index (χ2v) is 5.47. The summed E-state index contributed by atoms with van der Waals surface area (Å²) in [7, 11) is 0. The Balaban J connectivity index is 3.31. The molecule has 0 bridgehead atoms. The zero-order chi connectivity index (χ0) is 15.8. The van der Waals surface area contributed by atoms with Gasteiger partial charge in [0, 0.05) is 30.5 Å². The van der Waals surface area contributed by atoms with Gasteiger partial charge in [-0.1, -0.05) is 19.1 Å². The summed E-state index contributed by atoms with van der Waals surface area (Å²) in [6.07, 6.45) is 0.479. The van der Waals surface area contributed by atoms with Crippen LogP contribution in [0.3, 0.4) is 0 Å². The van der Waals surface area contributed by atoms with Gasteiger partial charge in [-0.05, 0) is 23.6 Å². The van der Waals surface area contributed by atoms with Crippen LogP contribution < -0.4 is 4.90 Å². The van der Waals surface area contributed by atoms with Crippen molar-refractivity contribution < 1.29 is 15.0 Å². The lowest BCUT2D eigenvalue weighted by Gasteiger charge is -2.28. The number of aliphatic carboxylic acids is 1. The molecule has 1 aromatic rings. The third-order valence-corrected chi connectivity index (χ3v) is 3.74. The van der Waals surface area contributed by atoms with Crippen molar-refractivity contribution in [2.24, 2.45) is 0 Å². The van der Waals surface area contributed by atoms with E-state index >= 15 is 0 Å². The first-order chi connectivity index (χ1) is 10.1. The first-order valence-electron chi connectivity index (χ1n) is 6.92. The van der Waals surface area contributed by atoms with E-state index in [1.165, 1.54) is 0 Å². The highest BCUT2D eigenvalue weighted by atomic mass is 35.5. The van der Waals surface area contributed by atoms with Gasteiger partial charge in [-0.15, -0.1) is 23.2 Å². The molecule has 1 rings (SSSR count). The predicted octanol–water partition coefficient (Wildman–Crippen LogP) is 3.04. The summed E-state index contributed by atoms with van der Waals surface area (Å²) in [5.74, 6) is -0.616. The minimum atomic E-state index is -0.870. The van der Waals surface area contributed by atoms with Crippen molar-refractivity contribution in [2.75, 3.05) is 29.7 Å². The Morgan fingerprint density at radius 2 is 1.90 bits per heavy atom. The third-order valence-electron chi connectivity index (χ3n) is 3.41. The standard InChI is InChI=1S/C15H21Cl2NO3/c1-2-12(15(20)21)13-9-11(10-19)3-4-14(13)18(7-5-16)8-6-17/h3-4,9,12,19H,2,5-8,10H2,1H3,(H,20,21). The SMILES string of the molecule is CCC(C(=O)O)c1cc(CO)ccc1N(CCCl)CCCl. The molecule has 1 unspecified atom stereocenters. The summed E-state index contributed by atoms with van der Waals surface area (Å²) in [4.78, 5) is 13.5. The van der Waals surface area contributed by atoms with Crippen LogP contribution >= 0.6 is 23.2 Å². The number of halogens is 2. The molecule has 1 aromatic carbocycles. The Bertz CT molecular complexity index is 462. The second-order valence-electron chi connectivity index (χ2n) is 4.72. The molecular formula is C15H21Cl2NO3. The number of rotatable bonds is 9. The van der Waals surface area contributed by atoms with Crippen LogP contribution in [0, 0.1) is 0 Å². The molecule has 4 nitrogen and oxygen atoms in total. The summed E-state index contributed by atoms with van der Waals surface area (Å²) >= 11 is 11.7. The second kappa shape index (κ2) is 9.13. The van der Waals surface area contributed by atoms with Crippen molar-refractivity contribution in [3.05, 3.63) is 29.3 Å². The fourth-order valence-electron chi connectivity index (χ4n) is 2.35. The lowest BCUT2D eigenvalue weighted by Crippen LogP contribution is -2.29. The Kier molecular flexibility index (Phi) is 7.86. The third kappa shape index (κ3) is 4.77. The van der Waals surface area contributed by atoms with Crippen molar-refractivity contribution in [1.82, 2.24) is 0 Å². The number of carbonyl (C=O) groups is 1. The van der Waals surface area contributed by atoms with Crippen molar-refractivity contribution in [1.29, 1.82) is 0 Å². The van der Waals surface area contributed by atoms with Crippen molar-refractivity contribution in [3.8, 4) is 0 Å². The van der Waals surface area contributed by atoms with Crippen molar-refractivity contribution >= 4 is 34.9 Å². The van der Waals surface area contributed by atoms with E-state index in [0.29, 0.717) is 42.4 Å². The summed E-state index contributed by atoms with van der Waals surface area (Å²) in [5.41, 5.74) is 2.22. The lowest BCUT2D eigenvalue weighted by molar-refractivity contribution is -0.138. The molecular weight excluding hydrogens is 313 g/mol. The van der Waals surface area contributed by atoms with Crippen molar-refractivity contribution in [2.45, 2.75) is 25.9 Å². The Morgan fingerprint density at radius 1 is 1.29 bits per heavy atom. The number of carboxylic acids is 1. The number of aliphatic hydroxyl groups is 1. The zero-order valence-electron chi connectivity index (χ0n) is 12.1. The van der Waals surface area contributed by atoms with E-state index in [1.54, 1.807) is 12.1 Å². The van der Waals surface area contributed by atoms with E-state index in [-0.39, 0.29) is 6.61 Å². The number of hydrogen-bond donors (Lipinski definition) is 2. The molecule has 0 saturated carbocycles. The smallest absolute Gasteiger partial charge is 0.311 e. The zero-order valence-corrected chi connectivity index (χ0v) is 13.6. The number of carboxylic acid groups (broad SMARTS) is 1. The molecule has 0 aliphatic rings. The van der Waals surface area contributed by atoms with Crippen LogP contribution in [0.4, 0.5) is 5.69 Å². The topological polar surface area (TPSA) is 60.8 Å². The predicted molar refractivity (Wildman–Crippen MR) is 86.7 cm³/mol. The minimum absolute atomic E-state index is 0.117. The van der Waals surface area contributed by atoms with Crippen LogP contribution in [0.2, 0.25) is 0 Å². The molecule has 2 N–H and O–H groups in total. The van der Waals surface area contributed by atoms with Gasteiger partial charge in [0.2, 0.25) is 0 Å². The van der Waals surface area contributed by atoms with Crippen LogP contribution in [0.1, 0.15) is 30.4 Å². The van der Waals surface area contributed by atoms with Gasteiger partial charge in [-0.3, -0.25) is 4.79 Å². The number of aliphatic hydroxyl groups excluding tert-OH is 1. The normalized spacial score (nSPS) is 12.2. The average molecular weight is 334 g/mol. The molecule has 0 amide bonds. The van der Waals surface area contributed by atoms with Crippen LogP contribution in [-0.4, -0.2) is 41.0 Å². The summed E-state index contributed by atoms with van der Waals surface area (Å²) in [6.45, 7) is 2.90. The molecule has 0 spiro atoms. The first-order valence-corrected chi connectivity index (χ1v) is 7.99. The molecule has 0 fully saturated rings. The van der Waals surface area contributed by atoms with Gasteiger partial charge >= 0.3 is 5.97 Å². The summed E-state index contributed by atoms with van der Waals surface area (Å²) in [5, 5.41) is 18.7. The number of hydrogen-bond acceptors (Lipinski definition) is 3. The van der Waals surface area contributed by atoms with Crippen LogP contribution in [0.25, 0.3) is 0 Å². The van der Waals surface area contributed by atoms with Gasteiger partial charge < -0.3 is 15.1 Å². The molecule has 118 valence electrons. The van der Waals surface area contributed by atoms with Crippen LogP contribution in [-0.2, 0) is 11.4 Å². The maximum atomic E-state index is 11.5. The number of anilines is 1. The maximum Gasteiger partial charge on any atom is 0.311 e. The van der Waals surface area contributed by atoms with Gasteiger partial charge in [0.15, 0.2) is 0 Å². The van der Waals surface area contributed by atoms with Crippen LogP contribution in [0.5, 0.6) is 0 Å². The quantitative estimate of drug-likeness (QED) is 0.682. The van der Waals surface area contributed by atoms with E-state index in [1.807, 2.05) is 17.9 Å². The molecule has 0 aliphatic carbocycles. The summed E-state index contributed by atoms with van der Waals surface area (Å²) in [6, 6.07) is 5.39. The number of alkyl halides is 2. The Hall–Kier alpha value is -0.970. The highest BCUT2D eigenvalue weighted by Gasteiger charge is 2.23. The largest absolute Gasteiger partial charge is 0.481 e. The fraction of sp³-hybridized carbons (Fsp3) is 0.533. The van der Waals surface area contributed by atoms with Gasteiger partial charge in [-0.2, -0.15) is 0 Å². The van der Waals surface area contributed by atoms with E-state index < -0.39 is 11.9 Å². The molecule has 0 aliphatic heterocycles. The van der Waals surface area contributed by atoms with E-state index in [9.17, 15) is 15.0 Å². The maximum absolute atomic E-state index is 11.5. The molecule has 21 heavy (non-hydrogen) atoms. The molecule has 1 atom stereocenters. The average Bonchev–Trinajstić information content (AvgIpc) is 2.47. The lowest BCUT2D eigenvalue weighted by atomic mass is 9.92. The fourth-order valence-corrected chi connectivity index (χ4v) is 2.76. The van der Waals surface area contributed by atoms with E-state index in [4.69, 9.17) is 23.2 Å². The van der Waals surface area contributed by atoms with Gasteiger partial charge in [-0.25, -0.2) is 0 Å². The van der Waals surface area contributed by atoms with E-state index in [0.717, 1.165) is 5.69 Å². The monoisotopic (exact) mass is 333 g/mol. The molecule has 0 heterocycles. The molecule has 0 saturated heterocycles. The highest BCUT2D eigenvalue weighted by Crippen LogP contribution is 2.31. The molecule has 0 radical (unpaired) electrons. The van der Waals surface area contributed by atoms with Gasteiger partial charge in [0.05, 0.1) is 12.5 Å². The number of benzene rings is 1. The van der Waals surface area contributed by atoms with Crippen molar-refractivity contribution in [3.63, 3.8) is 0 Å². The molecule has 0 aromatic heterocycles. The summed E-state index contributed by atoms with van der Waals surface area (Å²) < 4.78 is 0. The molecule has 6 heteroatoms.